The number of rotatable bonds is 6. The van der Waals surface area contributed by atoms with Gasteiger partial charge in [-0.1, -0.05) is 15.9 Å². The van der Waals surface area contributed by atoms with E-state index < -0.39 is 0 Å². The molecule has 1 N–H and O–H groups in total. The van der Waals surface area contributed by atoms with Crippen LogP contribution >= 0.6 is 27.7 Å². The van der Waals surface area contributed by atoms with Crippen molar-refractivity contribution in [3.05, 3.63) is 22.2 Å². The fourth-order valence-corrected chi connectivity index (χ4v) is 3.88. The summed E-state index contributed by atoms with van der Waals surface area (Å²) in [5, 5.41) is 4.47. The van der Waals surface area contributed by atoms with Gasteiger partial charge in [-0.15, -0.1) is 0 Å². The fourth-order valence-electron chi connectivity index (χ4n) is 2.63. The van der Waals surface area contributed by atoms with Crippen molar-refractivity contribution in [2.75, 3.05) is 20.5 Å². The van der Waals surface area contributed by atoms with Crippen molar-refractivity contribution in [1.82, 2.24) is 5.32 Å². The second-order valence-electron chi connectivity index (χ2n) is 5.05. The molecule has 1 saturated carbocycles. The van der Waals surface area contributed by atoms with Gasteiger partial charge in [-0.3, -0.25) is 0 Å². The number of nitrogens with one attached hydrogen (secondary N) is 1. The summed E-state index contributed by atoms with van der Waals surface area (Å²) >= 11 is 5.59. The molecule has 0 spiro atoms. The lowest BCUT2D eigenvalue weighted by Crippen LogP contribution is -2.26. The number of hydrogen-bond acceptors (Lipinski definition) is 4. The Morgan fingerprint density at radius 2 is 1.95 bits per heavy atom. The Balaban J connectivity index is 1.99. The quantitative estimate of drug-likeness (QED) is 0.835. The predicted octanol–water partition coefficient (Wildman–Crippen LogP) is 3.84. The van der Waals surface area contributed by atoms with E-state index in [1.54, 1.807) is 14.2 Å². The van der Waals surface area contributed by atoms with Crippen molar-refractivity contribution in [2.45, 2.75) is 37.1 Å². The summed E-state index contributed by atoms with van der Waals surface area (Å²) < 4.78 is 11.7. The maximum Gasteiger partial charge on any atom is 0.161 e. The van der Waals surface area contributed by atoms with Crippen LogP contribution in [-0.2, 0) is 6.54 Å². The highest BCUT2D eigenvalue weighted by molar-refractivity contribution is 9.10. The van der Waals surface area contributed by atoms with E-state index >= 15 is 0 Å². The Kier molecular flexibility index (Phi) is 6.05. The van der Waals surface area contributed by atoms with E-state index in [4.69, 9.17) is 9.47 Å². The summed E-state index contributed by atoms with van der Waals surface area (Å²) in [6, 6.07) is 4.64. The zero-order valence-corrected chi connectivity index (χ0v) is 14.6. The molecule has 0 aromatic heterocycles. The molecule has 112 valence electrons. The van der Waals surface area contributed by atoms with Crippen LogP contribution in [0, 0.1) is 0 Å². The van der Waals surface area contributed by atoms with Crippen molar-refractivity contribution in [3.8, 4) is 11.5 Å². The molecule has 0 aliphatic heterocycles. The molecule has 3 nitrogen and oxygen atoms in total. The topological polar surface area (TPSA) is 30.5 Å². The minimum atomic E-state index is 0.632. The average molecular weight is 360 g/mol. The van der Waals surface area contributed by atoms with E-state index in [2.05, 4.69) is 27.5 Å². The third kappa shape index (κ3) is 3.83. The number of hydrogen-bond donors (Lipinski definition) is 1. The maximum absolute atomic E-state index is 5.36. The zero-order valence-electron chi connectivity index (χ0n) is 12.2. The Labute approximate surface area is 133 Å². The molecule has 2 rings (SSSR count). The molecule has 0 radical (unpaired) electrons. The van der Waals surface area contributed by atoms with Crippen molar-refractivity contribution in [3.63, 3.8) is 0 Å². The van der Waals surface area contributed by atoms with Crippen LogP contribution in [0.25, 0.3) is 0 Å². The van der Waals surface area contributed by atoms with E-state index in [1.165, 1.54) is 24.8 Å². The first-order valence-electron chi connectivity index (χ1n) is 6.84. The fraction of sp³-hybridized carbons (Fsp3) is 0.600. The first-order chi connectivity index (χ1) is 9.67. The van der Waals surface area contributed by atoms with Crippen molar-refractivity contribution in [2.24, 2.45) is 0 Å². The summed E-state index contributed by atoms with van der Waals surface area (Å²) in [7, 11) is 3.33. The molecular formula is C15H22BrNO2S. The number of thioether (sulfide) groups is 1. The molecule has 20 heavy (non-hydrogen) atoms. The molecule has 1 aliphatic rings. The van der Waals surface area contributed by atoms with Gasteiger partial charge in [-0.25, -0.2) is 0 Å². The lowest BCUT2D eigenvalue weighted by molar-refractivity contribution is 0.354. The van der Waals surface area contributed by atoms with Crippen LogP contribution in [0.3, 0.4) is 0 Å². The van der Waals surface area contributed by atoms with Gasteiger partial charge in [-0.2, -0.15) is 11.8 Å². The van der Waals surface area contributed by atoms with E-state index in [9.17, 15) is 0 Å². The smallest absolute Gasteiger partial charge is 0.161 e. The van der Waals surface area contributed by atoms with Crippen LogP contribution in [0.15, 0.2) is 16.6 Å². The number of benzene rings is 1. The highest BCUT2D eigenvalue weighted by atomic mass is 79.9. The minimum Gasteiger partial charge on any atom is -0.493 e. The van der Waals surface area contributed by atoms with E-state index in [0.29, 0.717) is 6.04 Å². The van der Waals surface area contributed by atoms with E-state index in [1.807, 2.05) is 23.9 Å². The number of ether oxygens (including phenoxy) is 2. The molecule has 0 amide bonds. The maximum atomic E-state index is 5.36. The summed E-state index contributed by atoms with van der Waals surface area (Å²) in [5.74, 6) is 1.53. The van der Waals surface area contributed by atoms with Crippen LogP contribution in [0.2, 0.25) is 0 Å². The molecule has 0 saturated heterocycles. The first-order valence-corrected chi connectivity index (χ1v) is 8.92. The summed E-state index contributed by atoms with van der Waals surface area (Å²) in [6.45, 7) is 0.854. The third-order valence-corrected chi connectivity index (χ3v) is 5.68. The highest BCUT2D eigenvalue weighted by Gasteiger charge is 2.23. The van der Waals surface area contributed by atoms with Gasteiger partial charge >= 0.3 is 0 Å². The lowest BCUT2D eigenvalue weighted by Gasteiger charge is -2.15. The van der Waals surface area contributed by atoms with Gasteiger partial charge in [0.1, 0.15) is 0 Å². The Hall–Kier alpha value is -0.390. The molecule has 1 fully saturated rings. The minimum absolute atomic E-state index is 0.632. The van der Waals surface area contributed by atoms with Gasteiger partial charge < -0.3 is 14.8 Å². The largest absolute Gasteiger partial charge is 0.493 e. The van der Waals surface area contributed by atoms with Crippen LogP contribution in [0.1, 0.15) is 24.8 Å². The van der Waals surface area contributed by atoms with Gasteiger partial charge in [0.25, 0.3) is 0 Å². The normalized spacial score (nSPS) is 22.0. The SMILES string of the molecule is COc1cc(Br)c(CNC2CCC(SC)C2)cc1OC. The van der Waals surface area contributed by atoms with Crippen LogP contribution < -0.4 is 14.8 Å². The van der Waals surface area contributed by atoms with E-state index in [0.717, 1.165) is 27.8 Å². The lowest BCUT2D eigenvalue weighted by atomic mass is 10.1. The van der Waals surface area contributed by atoms with Gasteiger partial charge in [0.05, 0.1) is 14.2 Å². The zero-order chi connectivity index (χ0) is 14.5. The second-order valence-corrected chi connectivity index (χ2v) is 7.04. The predicted molar refractivity (Wildman–Crippen MR) is 89.0 cm³/mol. The standard InChI is InChI=1S/C15H22BrNO2S/c1-18-14-6-10(13(16)8-15(14)19-2)9-17-11-4-5-12(7-11)20-3/h6,8,11-12,17H,4-5,7,9H2,1-3H3. The molecule has 1 aliphatic carbocycles. The van der Waals surface area contributed by atoms with Gasteiger partial charge in [-0.05, 0) is 43.2 Å². The van der Waals surface area contributed by atoms with Gasteiger partial charge in [0.15, 0.2) is 11.5 Å². The molecule has 2 unspecified atom stereocenters. The van der Waals surface area contributed by atoms with Crippen LogP contribution in [0.4, 0.5) is 0 Å². The first kappa shape index (κ1) is 16.0. The molecule has 2 atom stereocenters. The number of halogens is 1. The second kappa shape index (κ2) is 7.57. The monoisotopic (exact) mass is 359 g/mol. The average Bonchev–Trinajstić information content (AvgIpc) is 2.93. The van der Waals surface area contributed by atoms with Crippen molar-refractivity contribution in [1.29, 1.82) is 0 Å². The number of methoxy groups -OCH3 is 2. The summed E-state index contributed by atoms with van der Waals surface area (Å²) in [5.41, 5.74) is 1.20. The molecule has 5 heteroatoms. The third-order valence-electron chi connectivity index (χ3n) is 3.85. The molecule has 1 aromatic rings. The van der Waals surface area contributed by atoms with E-state index in [-0.39, 0.29) is 0 Å². The Morgan fingerprint density at radius 1 is 1.25 bits per heavy atom. The molecule has 0 heterocycles. The van der Waals surface area contributed by atoms with Gasteiger partial charge in [0, 0.05) is 22.3 Å². The van der Waals surface area contributed by atoms with Gasteiger partial charge in [0.2, 0.25) is 0 Å². The van der Waals surface area contributed by atoms with Crippen molar-refractivity contribution >= 4 is 27.7 Å². The summed E-state index contributed by atoms with van der Waals surface area (Å²) in [6.07, 6.45) is 6.08. The molecular weight excluding hydrogens is 338 g/mol. The Bertz CT molecular complexity index is 456. The van der Waals surface area contributed by atoms with Crippen LogP contribution in [0.5, 0.6) is 11.5 Å². The van der Waals surface area contributed by atoms with Crippen molar-refractivity contribution < 1.29 is 9.47 Å². The molecule has 0 bridgehead atoms. The molecule has 1 aromatic carbocycles. The summed E-state index contributed by atoms with van der Waals surface area (Å²) in [4.78, 5) is 0. The Morgan fingerprint density at radius 3 is 2.55 bits per heavy atom. The van der Waals surface area contributed by atoms with Crippen LogP contribution in [-0.4, -0.2) is 31.8 Å². The highest BCUT2D eigenvalue weighted by Crippen LogP contribution is 2.34.